The molecule has 1 N–H and O–H groups in total. The Balaban J connectivity index is 1.87. The Bertz CT molecular complexity index is 518. The van der Waals surface area contributed by atoms with Crippen molar-refractivity contribution in [2.24, 2.45) is 5.41 Å². The van der Waals surface area contributed by atoms with Crippen LogP contribution in [0.2, 0.25) is 0 Å². The van der Waals surface area contributed by atoms with E-state index < -0.39 is 0 Å². The minimum atomic E-state index is -0.270. The summed E-state index contributed by atoms with van der Waals surface area (Å²) in [4.78, 5) is 0. The number of nitriles is 1. The van der Waals surface area contributed by atoms with Gasteiger partial charge >= 0.3 is 0 Å². The number of nitrogens with one attached hydrogen (secondary N) is 1. The molecular formula is C17H23BrN2O. The molecular weight excluding hydrogens is 328 g/mol. The number of hydrogen-bond acceptors (Lipinski definition) is 3. The van der Waals surface area contributed by atoms with E-state index in [1.165, 1.54) is 18.4 Å². The number of ether oxygens (including phenoxy) is 1. The van der Waals surface area contributed by atoms with Gasteiger partial charge in [-0.15, -0.1) is 0 Å². The molecule has 1 aliphatic rings. The highest BCUT2D eigenvalue weighted by atomic mass is 79.9. The second-order valence-corrected chi connectivity index (χ2v) is 7.19. The van der Waals surface area contributed by atoms with Crippen LogP contribution >= 0.6 is 15.9 Å². The molecule has 1 saturated carbocycles. The summed E-state index contributed by atoms with van der Waals surface area (Å²) >= 11 is 3.57. The average molecular weight is 351 g/mol. The summed E-state index contributed by atoms with van der Waals surface area (Å²) in [6.07, 6.45) is 4.31. The molecule has 0 saturated heterocycles. The van der Waals surface area contributed by atoms with Crippen molar-refractivity contribution < 1.29 is 4.74 Å². The fourth-order valence-corrected chi connectivity index (χ4v) is 2.66. The molecule has 1 aromatic rings. The molecule has 114 valence electrons. The van der Waals surface area contributed by atoms with Crippen LogP contribution in [-0.4, -0.2) is 12.6 Å². The summed E-state index contributed by atoms with van der Waals surface area (Å²) in [6.45, 7) is 5.43. The van der Waals surface area contributed by atoms with Gasteiger partial charge in [-0.05, 0) is 61.5 Å². The molecule has 1 fully saturated rings. The van der Waals surface area contributed by atoms with Crippen molar-refractivity contribution in [1.29, 1.82) is 5.26 Å². The molecule has 0 aromatic heterocycles. The summed E-state index contributed by atoms with van der Waals surface area (Å²) in [5, 5.41) is 12.5. The SMILES string of the molecule is CC(C)(C#N)CCCOc1c(Br)cccc1CNC1CC1. The van der Waals surface area contributed by atoms with Crippen LogP contribution in [-0.2, 0) is 6.54 Å². The molecule has 0 atom stereocenters. The van der Waals surface area contributed by atoms with Gasteiger partial charge in [-0.1, -0.05) is 12.1 Å². The molecule has 0 radical (unpaired) electrons. The Morgan fingerprint density at radius 3 is 2.86 bits per heavy atom. The Morgan fingerprint density at radius 2 is 2.19 bits per heavy atom. The van der Waals surface area contributed by atoms with E-state index in [0.717, 1.165) is 29.6 Å². The molecule has 1 aliphatic carbocycles. The van der Waals surface area contributed by atoms with Gasteiger partial charge in [0.05, 0.1) is 22.6 Å². The lowest BCUT2D eigenvalue weighted by Crippen LogP contribution is -2.16. The van der Waals surface area contributed by atoms with Gasteiger partial charge in [-0.3, -0.25) is 0 Å². The molecule has 3 nitrogen and oxygen atoms in total. The number of benzene rings is 1. The first-order valence-corrected chi connectivity index (χ1v) is 8.36. The Labute approximate surface area is 135 Å². The van der Waals surface area contributed by atoms with Crippen molar-refractivity contribution in [3.05, 3.63) is 28.2 Å². The standard InChI is InChI=1S/C17H23BrN2O/c1-17(2,12-19)9-4-10-21-16-13(5-3-6-15(16)18)11-20-14-7-8-14/h3,5-6,14,20H,4,7-11H2,1-2H3. The van der Waals surface area contributed by atoms with Crippen LogP contribution in [0.4, 0.5) is 0 Å². The van der Waals surface area contributed by atoms with E-state index >= 15 is 0 Å². The van der Waals surface area contributed by atoms with Gasteiger partial charge in [0.1, 0.15) is 5.75 Å². The molecule has 0 aliphatic heterocycles. The highest BCUT2D eigenvalue weighted by Crippen LogP contribution is 2.30. The molecule has 4 heteroatoms. The lowest BCUT2D eigenvalue weighted by Gasteiger charge is -2.17. The van der Waals surface area contributed by atoms with E-state index in [-0.39, 0.29) is 5.41 Å². The first-order chi connectivity index (χ1) is 10.0. The van der Waals surface area contributed by atoms with Crippen LogP contribution < -0.4 is 10.1 Å². The average Bonchev–Trinajstić information content (AvgIpc) is 3.27. The zero-order valence-electron chi connectivity index (χ0n) is 12.8. The molecule has 0 heterocycles. The van der Waals surface area contributed by atoms with Crippen molar-refractivity contribution in [3.63, 3.8) is 0 Å². The minimum absolute atomic E-state index is 0.270. The fraction of sp³-hybridized carbons (Fsp3) is 0.588. The predicted molar refractivity (Wildman–Crippen MR) is 88.1 cm³/mol. The summed E-state index contributed by atoms with van der Waals surface area (Å²) in [6, 6.07) is 9.17. The molecule has 2 rings (SSSR count). The number of rotatable bonds is 8. The van der Waals surface area contributed by atoms with Gasteiger partial charge in [-0.2, -0.15) is 5.26 Å². The molecule has 0 amide bonds. The topological polar surface area (TPSA) is 45.0 Å². The van der Waals surface area contributed by atoms with Crippen molar-refractivity contribution in [3.8, 4) is 11.8 Å². The maximum atomic E-state index is 9.02. The largest absolute Gasteiger partial charge is 0.492 e. The van der Waals surface area contributed by atoms with Gasteiger partial charge in [0.2, 0.25) is 0 Å². The van der Waals surface area contributed by atoms with Crippen molar-refractivity contribution in [1.82, 2.24) is 5.32 Å². The predicted octanol–water partition coefficient (Wildman–Crippen LogP) is 4.41. The van der Waals surface area contributed by atoms with Gasteiger partial charge in [0.25, 0.3) is 0 Å². The van der Waals surface area contributed by atoms with E-state index in [1.54, 1.807) is 0 Å². The summed E-state index contributed by atoms with van der Waals surface area (Å²) < 4.78 is 6.96. The minimum Gasteiger partial charge on any atom is -0.492 e. The van der Waals surface area contributed by atoms with Gasteiger partial charge in [-0.25, -0.2) is 0 Å². The molecule has 0 bridgehead atoms. The smallest absolute Gasteiger partial charge is 0.137 e. The maximum absolute atomic E-state index is 9.02. The van der Waals surface area contributed by atoms with Crippen LogP contribution in [0.25, 0.3) is 0 Å². The number of para-hydroxylation sites is 1. The third-order valence-electron chi connectivity index (χ3n) is 3.70. The number of halogens is 1. The monoisotopic (exact) mass is 350 g/mol. The molecule has 0 unspecified atom stereocenters. The van der Waals surface area contributed by atoms with Gasteiger partial charge in [0, 0.05) is 18.2 Å². The number of nitrogens with zero attached hydrogens (tertiary/aromatic N) is 1. The van der Waals surface area contributed by atoms with Gasteiger partial charge in [0.15, 0.2) is 0 Å². The van der Waals surface area contributed by atoms with Crippen LogP contribution in [0, 0.1) is 16.7 Å². The lowest BCUT2D eigenvalue weighted by molar-refractivity contribution is 0.280. The maximum Gasteiger partial charge on any atom is 0.137 e. The molecule has 1 aromatic carbocycles. The Kier molecular flexibility index (Phi) is 5.66. The van der Waals surface area contributed by atoms with Crippen LogP contribution in [0.15, 0.2) is 22.7 Å². The second-order valence-electron chi connectivity index (χ2n) is 6.33. The second kappa shape index (κ2) is 7.29. The fourth-order valence-electron chi connectivity index (χ4n) is 2.14. The first kappa shape index (κ1) is 16.3. The quantitative estimate of drug-likeness (QED) is 0.706. The number of hydrogen-bond donors (Lipinski definition) is 1. The van der Waals surface area contributed by atoms with Gasteiger partial charge < -0.3 is 10.1 Å². The third kappa shape index (κ3) is 5.33. The van der Waals surface area contributed by atoms with Crippen molar-refractivity contribution in [2.75, 3.05) is 6.61 Å². The van der Waals surface area contributed by atoms with Crippen LogP contribution in [0.5, 0.6) is 5.75 Å². The van der Waals surface area contributed by atoms with Crippen molar-refractivity contribution >= 4 is 15.9 Å². The van der Waals surface area contributed by atoms with Crippen molar-refractivity contribution in [2.45, 2.75) is 52.1 Å². The van der Waals surface area contributed by atoms with E-state index in [9.17, 15) is 0 Å². The lowest BCUT2D eigenvalue weighted by atomic mass is 9.90. The van der Waals surface area contributed by atoms with E-state index in [2.05, 4.69) is 33.4 Å². The normalized spacial score (nSPS) is 14.8. The zero-order valence-corrected chi connectivity index (χ0v) is 14.4. The zero-order chi connectivity index (χ0) is 15.3. The molecule has 0 spiro atoms. The summed E-state index contributed by atoms with van der Waals surface area (Å²) in [5.41, 5.74) is 0.920. The summed E-state index contributed by atoms with van der Waals surface area (Å²) in [5.74, 6) is 0.931. The van der Waals surface area contributed by atoms with Crippen LogP contribution in [0.1, 0.15) is 45.1 Å². The highest BCUT2D eigenvalue weighted by molar-refractivity contribution is 9.10. The first-order valence-electron chi connectivity index (χ1n) is 7.57. The van der Waals surface area contributed by atoms with Crippen LogP contribution in [0.3, 0.4) is 0 Å². The molecule has 21 heavy (non-hydrogen) atoms. The third-order valence-corrected chi connectivity index (χ3v) is 4.33. The Morgan fingerprint density at radius 1 is 1.43 bits per heavy atom. The summed E-state index contributed by atoms with van der Waals surface area (Å²) in [7, 11) is 0. The van der Waals surface area contributed by atoms with E-state index in [0.29, 0.717) is 12.6 Å². The Hall–Kier alpha value is -1.05. The van der Waals surface area contributed by atoms with E-state index in [1.807, 2.05) is 26.0 Å². The highest BCUT2D eigenvalue weighted by Gasteiger charge is 2.21. The van der Waals surface area contributed by atoms with E-state index in [4.69, 9.17) is 10.00 Å².